The summed E-state index contributed by atoms with van der Waals surface area (Å²) in [5.41, 5.74) is 4.79. The molecule has 1 saturated carbocycles. The molecule has 16 heavy (non-hydrogen) atoms. The van der Waals surface area contributed by atoms with Crippen LogP contribution in [-0.4, -0.2) is 0 Å². The molecule has 0 bridgehead atoms. The highest BCUT2D eigenvalue weighted by Crippen LogP contribution is 2.40. The molecule has 1 aliphatic rings. The fourth-order valence-electron chi connectivity index (χ4n) is 2.28. The number of nitrogens with two attached hydrogens (primary N) is 1. The van der Waals surface area contributed by atoms with E-state index in [1.54, 1.807) is 0 Å². The summed E-state index contributed by atoms with van der Waals surface area (Å²) in [7, 11) is 0. The Labute approximate surface area is 100.0 Å². The molecule has 0 aromatic heterocycles. The maximum Gasteiger partial charge on any atom is 0.148 e. The van der Waals surface area contributed by atoms with E-state index in [1.165, 1.54) is 0 Å². The molecule has 0 heterocycles. The molecular weight excluding hydrogens is 283 g/mol. The summed E-state index contributed by atoms with van der Waals surface area (Å²) in [5, 5.41) is 0. The Morgan fingerprint density at radius 2 is 1.69 bits per heavy atom. The van der Waals surface area contributed by atoms with Crippen molar-refractivity contribution >= 4 is 15.9 Å². The van der Waals surface area contributed by atoms with Gasteiger partial charge in [-0.25, -0.2) is 13.2 Å². The molecule has 1 fully saturated rings. The summed E-state index contributed by atoms with van der Waals surface area (Å²) in [6, 6.07) is 0.676. The maximum atomic E-state index is 13.8. The fraction of sp³-hybridized carbons (Fsp3) is 0.455. The second-order valence-electron chi connectivity index (χ2n) is 4.21. The quantitative estimate of drug-likeness (QED) is 0.621. The SMILES string of the molecule is NC1(c2c(F)cc(F)c(Br)c2F)CCCC1. The van der Waals surface area contributed by atoms with Gasteiger partial charge in [0.1, 0.15) is 17.5 Å². The van der Waals surface area contributed by atoms with Crippen molar-refractivity contribution in [1.82, 2.24) is 0 Å². The van der Waals surface area contributed by atoms with Gasteiger partial charge in [-0.05, 0) is 28.8 Å². The second-order valence-corrected chi connectivity index (χ2v) is 5.00. The lowest BCUT2D eigenvalue weighted by Crippen LogP contribution is -2.35. The number of halogens is 4. The number of hydrogen-bond acceptors (Lipinski definition) is 1. The van der Waals surface area contributed by atoms with Crippen LogP contribution in [0.15, 0.2) is 10.5 Å². The van der Waals surface area contributed by atoms with E-state index >= 15 is 0 Å². The zero-order chi connectivity index (χ0) is 11.9. The van der Waals surface area contributed by atoms with E-state index < -0.39 is 23.0 Å². The molecule has 0 spiro atoms. The zero-order valence-corrected chi connectivity index (χ0v) is 10.1. The normalized spacial score (nSPS) is 19.1. The maximum absolute atomic E-state index is 13.8. The van der Waals surface area contributed by atoms with Gasteiger partial charge in [-0.1, -0.05) is 12.8 Å². The third-order valence-electron chi connectivity index (χ3n) is 3.11. The summed E-state index contributed by atoms with van der Waals surface area (Å²) >= 11 is 2.76. The number of rotatable bonds is 1. The van der Waals surface area contributed by atoms with Gasteiger partial charge >= 0.3 is 0 Å². The molecule has 1 aromatic carbocycles. The third-order valence-corrected chi connectivity index (χ3v) is 3.83. The van der Waals surface area contributed by atoms with Gasteiger partial charge in [0.2, 0.25) is 0 Å². The Morgan fingerprint density at radius 1 is 1.12 bits per heavy atom. The van der Waals surface area contributed by atoms with Crippen molar-refractivity contribution in [2.75, 3.05) is 0 Å². The van der Waals surface area contributed by atoms with E-state index in [1.807, 2.05) is 0 Å². The van der Waals surface area contributed by atoms with Gasteiger partial charge in [0.15, 0.2) is 0 Å². The molecule has 1 aliphatic carbocycles. The van der Waals surface area contributed by atoms with Crippen molar-refractivity contribution in [2.24, 2.45) is 5.73 Å². The van der Waals surface area contributed by atoms with Crippen molar-refractivity contribution in [3.63, 3.8) is 0 Å². The van der Waals surface area contributed by atoms with Gasteiger partial charge in [0, 0.05) is 17.2 Å². The van der Waals surface area contributed by atoms with E-state index in [0.29, 0.717) is 18.9 Å². The van der Waals surface area contributed by atoms with Crippen molar-refractivity contribution in [1.29, 1.82) is 0 Å². The zero-order valence-electron chi connectivity index (χ0n) is 8.49. The number of hydrogen-bond donors (Lipinski definition) is 1. The van der Waals surface area contributed by atoms with Crippen LogP contribution in [-0.2, 0) is 5.54 Å². The molecule has 0 amide bonds. The molecule has 88 valence electrons. The van der Waals surface area contributed by atoms with Gasteiger partial charge in [0.05, 0.1) is 4.47 Å². The summed E-state index contributed by atoms with van der Waals surface area (Å²) in [6.07, 6.45) is 2.73. The van der Waals surface area contributed by atoms with Gasteiger partial charge in [0.25, 0.3) is 0 Å². The van der Waals surface area contributed by atoms with E-state index in [0.717, 1.165) is 12.8 Å². The summed E-state index contributed by atoms with van der Waals surface area (Å²) in [5.74, 6) is -2.76. The van der Waals surface area contributed by atoms with E-state index in [2.05, 4.69) is 15.9 Å². The Kier molecular flexibility index (Phi) is 3.01. The Hall–Kier alpha value is -0.550. The highest BCUT2D eigenvalue weighted by Gasteiger charge is 2.37. The van der Waals surface area contributed by atoms with Crippen LogP contribution in [0.25, 0.3) is 0 Å². The smallest absolute Gasteiger partial charge is 0.148 e. The lowest BCUT2D eigenvalue weighted by atomic mass is 9.88. The molecule has 0 aliphatic heterocycles. The lowest BCUT2D eigenvalue weighted by Gasteiger charge is -2.25. The predicted octanol–water partition coefficient (Wildman–Crippen LogP) is 3.59. The van der Waals surface area contributed by atoms with Gasteiger partial charge in [-0.15, -0.1) is 0 Å². The number of benzene rings is 1. The molecule has 5 heteroatoms. The van der Waals surface area contributed by atoms with Gasteiger partial charge in [-0.3, -0.25) is 0 Å². The first-order valence-corrected chi connectivity index (χ1v) is 5.87. The molecular formula is C11H11BrF3N. The van der Waals surface area contributed by atoms with Crippen molar-refractivity contribution in [3.8, 4) is 0 Å². The third kappa shape index (κ3) is 1.76. The van der Waals surface area contributed by atoms with Crippen LogP contribution in [0, 0.1) is 17.5 Å². The first kappa shape index (κ1) is 11.9. The minimum atomic E-state index is -0.996. The van der Waals surface area contributed by atoms with Gasteiger partial charge < -0.3 is 5.73 Å². The average Bonchev–Trinajstić information content (AvgIpc) is 2.62. The highest BCUT2D eigenvalue weighted by molar-refractivity contribution is 9.10. The van der Waals surface area contributed by atoms with Crippen molar-refractivity contribution < 1.29 is 13.2 Å². The minimum Gasteiger partial charge on any atom is -0.321 e. The van der Waals surface area contributed by atoms with Crippen LogP contribution in [0.4, 0.5) is 13.2 Å². The van der Waals surface area contributed by atoms with E-state index in [-0.39, 0.29) is 10.0 Å². The molecule has 2 N–H and O–H groups in total. The minimum absolute atomic E-state index is 0.196. The monoisotopic (exact) mass is 293 g/mol. The lowest BCUT2D eigenvalue weighted by molar-refractivity contribution is 0.397. The second kappa shape index (κ2) is 4.04. The fourth-order valence-corrected chi connectivity index (χ4v) is 2.59. The molecule has 0 unspecified atom stereocenters. The van der Waals surface area contributed by atoms with Crippen LogP contribution in [0.3, 0.4) is 0 Å². The predicted molar refractivity (Wildman–Crippen MR) is 58.3 cm³/mol. The van der Waals surface area contributed by atoms with Gasteiger partial charge in [-0.2, -0.15) is 0 Å². The van der Waals surface area contributed by atoms with Crippen LogP contribution in [0.1, 0.15) is 31.2 Å². The summed E-state index contributed by atoms with van der Waals surface area (Å²) in [4.78, 5) is 0. The standard InChI is InChI=1S/C11H11BrF3N/c12-9-7(14)5-6(13)8(10(9)15)11(16)3-1-2-4-11/h5H,1-4,16H2. The topological polar surface area (TPSA) is 26.0 Å². The molecule has 1 nitrogen and oxygen atoms in total. The van der Waals surface area contributed by atoms with Crippen molar-refractivity contribution in [3.05, 3.63) is 33.6 Å². The van der Waals surface area contributed by atoms with Crippen LogP contribution >= 0.6 is 15.9 Å². The highest BCUT2D eigenvalue weighted by atomic mass is 79.9. The Balaban J connectivity index is 2.60. The average molecular weight is 294 g/mol. The first-order chi connectivity index (χ1) is 7.46. The van der Waals surface area contributed by atoms with Crippen LogP contribution in [0.2, 0.25) is 0 Å². The molecule has 2 rings (SSSR count). The summed E-state index contributed by atoms with van der Waals surface area (Å²) in [6.45, 7) is 0. The largest absolute Gasteiger partial charge is 0.321 e. The molecule has 0 saturated heterocycles. The van der Waals surface area contributed by atoms with E-state index in [9.17, 15) is 13.2 Å². The molecule has 1 aromatic rings. The molecule has 0 radical (unpaired) electrons. The molecule has 0 atom stereocenters. The van der Waals surface area contributed by atoms with Crippen LogP contribution < -0.4 is 5.73 Å². The Morgan fingerprint density at radius 3 is 2.25 bits per heavy atom. The van der Waals surface area contributed by atoms with Crippen molar-refractivity contribution in [2.45, 2.75) is 31.2 Å². The summed E-state index contributed by atoms with van der Waals surface area (Å²) < 4.78 is 40.1. The van der Waals surface area contributed by atoms with Crippen LogP contribution in [0.5, 0.6) is 0 Å². The van der Waals surface area contributed by atoms with E-state index in [4.69, 9.17) is 5.73 Å². The first-order valence-electron chi connectivity index (χ1n) is 5.08. The Bertz CT molecular complexity index is 428.